The maximum atomic E-state index is 13.4. The van der Waals surface area contributed by atoms with Gasteiger partial charge in [-0.3, -0.25) is 34.2 Å². The molecule has 3 aromatic carbocycles. The molecule has 0 radical (unpaired) electrons. The van der Waals surface area contributed by atoms with Crippen LogP contribution in [0.3, 0.4) is 0 Å². The van der Waals surface area contributed by atoms with Crippen LogP contribution in [0.4, 0.5) is 0 Å². The van der Waals surface area contributed by atoms with Crippen LogP contribution >= 0.6 is 0 Å². The van der Waals surface area contributed by atoms with Gasteiger partial charge in [-0.25, -0.2) is 19.3 Å². The molecule has 9 rings (SSSR count). The standard InChI is InChI=1S/C51H52N8O7/c1-32-13-10-18-41(47(62)54-32)59-48(63)37-17-11-19-42(44(37)49(59)64)66-31-36(60)16-8-3-2-4-9-27-52-43(61)30-53-51(25-12-26-51)35-22-20-34(21-23-35)45-38(33-14-6-5-7-15-33)29-39-40(55-45)24-28-58-46(39)56-57-50(58)65/h5-7,11,14-15,17,19-24,28-29,41,53H,1-4,8-10,12-13,16,18,25-27,30-31H2,(H,52,61)(H,54,62)(H,57,65)/t41-/m0/s1. The third kappa shape index (κ3) is 8.90. The molecule has 15 nitrogen and oxygen atoms in total. The number of benzene rings is 3. The van der Waals surface area contributed by atoms with Gasteiger partial charge < -0.3 is 15.4 Å². The van der Waals surface area contributed by atoms with E-state index in [0.717, 1.165) is 88.7 Å². The van der Waals surface area contributed by atoms with Crippen molar-refractivity contribution in [1.82, 2.24) is 40.4 Å². The van der Waals surface area contributed by atoms with Crippen molar-refractivity contribution in [3.05, 3.63) is 131 Å². The van der Waals surface area contributed by atoms with Gasteiger partial charge in [0.05, 0.1) is 28.9 Å². The lowest BCUT2D eigenvalue weighted by Crippen LogP contribution is -2.51. The summed E-state index contributed by atoms with van der Waals surface area (Å²) in [5.74, 6) is -1.59. The number of rotatable bonds is 18. The Labute approximate surface area is 381 Å². The van der Waals surface area contributed by atoms with Gasteiger partial charge in [0, 0.05) is 46.9 Å². The van der Waals surface area contributed by atoms with Gasteiger partial charge in [-0.1, -0.05) is 86.5 Å². The van der Waals surface area contributed by atoms with E-state index in [0.29, 0.717) is 50.0 Å². The molecule has 4 N–H and O–H groups in total. The van der Waals surface area contributed by atoms with Gasteiger partial charge in [-0.05, 0) is 86.8 Å². The number of pyridine rings is 2. The molecule has 2 fully saturated rings. The van der Waals surface area contributed by atoms with Crippen LogP contribution in [0.25, 0.3) is 38.9 Å². The SMILES string of the molecule is C=C1CCC[C@H](N2C(=O)c3cccc(OCC(=O)CCCCCCCNC(=O)CNC4(c5ccc(-c6nc7ccn8c(=O)[nH]nc8c7cc6-c6ccccc6)cc5)CCC4)c3C2=O)C(=O)N1. The molecule has 1 atom stereocenters. The number of carbonyl (C=O) groups is 5. The van der Waals surface area contributed by atoms with E-state index in [1.54, 1.807) is 18.3 Å². The molecule has 66 heavy (non-hydrogen) atoms. The molecule has 338 valence electrons. The fourth-order valence-corrected chi connectivity index (χ4v) is 9.34. The smallest absolute Gasteiger partial charge is 0.347 e. The lowest BCUT2D eigenvalue weighted by atomic mass is 9.71. The van der Waals surface area contributed by atoms with Crippen LogP contribution in [0.1, 0.15) is 103 Å². The fourth-order valence-electron chi connectivity index (χ4n) is 9.34. The van der Waals surface area contributed by atoms with Crippen LogP contribution < -0.4 is 26.4 Å². The maximum Gasteiger partial charge on any atom is 0.347 e. The molecule has 5 heterocycles. The van der Waals surface area contributed by atoms with Gasteiger partial charge in [0.15, 0.2) is 11.4 Å². The van der Waals surface area contributed by atoms with E-state index in [-0.39, 0.29) is 52.9 Å². The van der Waals surface area contributed by atoms with Gasteiger partial charge in [0.25, 0.3) is 11.8 Å². The lowest BCUT2D eigenvalue weighted by Gasteiger charge is -2.43. The second-order valence-electron chi connectivity index (χ2n) is 17.4. The summed E-state index contributed by atoms with van der Waals surface area (Å²) >= 11 is 0. The van der Waals surface area contributed by atoms with Crippen molar-refractivity contribution >= 4 is 46.0 Å². The quantitative estimate of drug-likeness (QED) is 0.0529. The summed E-state index contributed by atoms with van der Waals surface area (Å²) in [7, 11) is 0. The van der Waals surface area contributed by atoms with Crippen molar-refractivity contribution in [2.75, 3.05) is 19.7 Å². The molecule has 0 unspecified atom stereocenters. The minimum Gasteiger partial charge on any atom is -0.485 e. The van der Waals surface area contributed by atoms with E-state index in [4.69, 9.17) is 9.72 Å². The van der Waals surface area contributed by atoms with E-state index in [1.807, 2.05) is 36.4 Å². The highest BCUT2D eigenvalue weighted by Gasteiger charge is 2.45. The number of H-pyrrole nitrogens is 1. The van der Waals surface area contributed by atoms with Crippen molar-refractivity contribution in [1.29, 1.82) is 0 Å². The van der Waals surface area contributed by atoms with Crippen molar-refractivity contribution in [3.63, 3.8) is 0 Å². The monoisotopic (exact) mass is 888 g/mol. The van der Waals surface area contributed by atoms with E-state index in [9.17, 15) is 28.8 Å². The second-order valence-corrected chi connectivity index (χ2v) is 17.4. The third-order valence-corrected chi connectivity index (χ3v) is 13.1. The maximum absolute atomic E-state index is 13.4. The summed E-state index contributed by atoms with van der Waals surface area (Å²) in [5.41, 5.74) is 6.32. The summed E-state index contributed by atoms with van der Waals surface area (Å²) in [6.45, 7) is 4.37. The van der Waals surface area contributed by atoms with Crippen molar-refractivity contribution in [3.8, 4) is 28.1 Å². The Kier molecular flexibility index (Phi) is 12.7. The molecule has 3 aromatic heterocycles. The van der Waals surface area contributed by atoms with Crippen molar-refractivity contribution in [2.45, 2.75) is 88.6 Å². The number of amides is 4. The fraction of sp³-hybridized carbons (Fsp3) is 0.333. The predicted molar refractivity (Wildman–Crippen MR) is 249 cm³/mol. The molecule has 1 saturated carbocycles. The third-order valence-electron chi connectivity index (χ3n) is 13.1. The number of nitrogens with one attached hydrogen (secondary N) is 4. The number of hydrogen-bond donors (Lipinski definition) is 4. The molecule has 6 aromatic rings. The number of carbonyl (C=O) groups excluding carboxylic acids is 5. The Balaban J connectivity index is 0.706. The number of unbranched alkanes of at least 4 members (excludes halogenated alkanes) is 4. The Hall–Kier alpha value is -7.26. The highest BCUT2D eigenvalue weighted by molar-refractivity contribution is 6.24. The summed E-state index contributed by atoms with van der Waals surface area (Å²) in [4.78, 5) is 83.5. The first kappa shape index (κ1) is 44.0. The van der Waals surface area contributed by atoms with Gasteiger partial charge in [0.2, 0.25) is 11.8 Å². The van der Waals surface area contributed by atoms with Crippen LogP contribution in [-0.2, 0) is 19.9 Å². The molecule has 1 saturated heterocycles. The number of aromatic nitrogens is 4. The Morgan fingerprint density at radius 3 is 2.42 bits per heavy atom. The number of ether oxygens (including phenoxy) is 1. The zero-order valence-corrected chi connectivity index (χ0v) is 36.7. The summed E-state index contributed by atoms with van der Waals surface area (Å²) < 4.78 is 7.27. The van der Waals surface area contributed by atoms with E-state index in [2.05, 4.69) is 63.1 Å². The van der Waals surface area contributed by atoms with Crippen molar-refractivity contribution < 1.29 is 28.7 Å². The Morgan fingerprint density at radius 2 is 1.64 bits per heavy atom. The van der Waals surface area contributed by atoms with Crippen molar-refractivity contribution in [2.24, 2.45) is 0 Å². The number of imide groups is 1. The number of fused-ring (bicyclic) bond motifs is 4. The normalized spacial score (nSPS) is 16.8. The number of nitrogens with zero attached hydrogens (tertiary/aromatic N) is 4. The molecule has 2 aliphatic heterocycles. The van der Waals surface area contributed by atoms with E-state index >= 15 is 0 Å². The zero-order chi connectivity index (χ0) is 45.8. The minimum atomic E-state index is -0.939. The van der Waals surface area contributed by atoms with Crippen LogP contribution in [0.15, 0.2) is 108 Å². The lowest BCUT2D eigenvalue weighted by molar-refractivity contribution is -0.124. The van der Waals surface area contributed by atoms with Gasteiger partial charge >= 0.3 is 5.69 Å². The molecular formula is C51H52N8O7. The highest BCUT2D eigenvalue weighted by atomic mass is 16.5. The summed E-state index contributed by atoms with van der Waals surface area (Å²) in [6.07, 6.45) is 10.7. The average Bonchev–Trinajstić information content (AvgIpc) is 3.76. The average molecular weight is 889 g/mol. The van der Waals surface area contributed by atoms with E-state index in [1.165, 1.54) is 10.5 Å². The number of hydrogen-bond acceptors (Lipinski definition) is 10. The minimum absolute atomic E-state index is 0.0475. The van der Waals surface area contributed by atoms with Gasteiger partial charge in [-0.15, -0.1) is 0 Å². The first-order valence-electron chi connectivity index (χ1n) is 22.8. The first-order chi connectivity index (χ1) is 32.1. The number of aromatic amines is 1. The zero-order valence-electron chi connectivity index (χ0n) is 36.7. The number of ketones is 1. The van der Waals surface area contributed by atoms with Crippen LogP contribution in [0.2, 0.25) is 0 Å². The molecular weight excluding hydrogens is 837 g/mol. The summed E-state index contributed by atoms with van der Waals surface area (Å²) in [6, 6.07) is 26.1. The first-order valence-corrected chi connectivity index (χ1v) is 22.8. The Bertz CT molecular complexity index is 2920. The van der Waals surface area contributed by atoms with Gasteiger partial charge in [-0.2, -0.15) is 5.10 Å². The largest absolute Gasteiger partial charge is 0.485 e. The number of allylic oxidation sites excluding steroid dienone is 1. The number of Topliss-reactive ketones (excluding diaryl/α,β-unsaturated/α-hetero) is 1. The molecule has 0 spiro atoms. The van der Waals surface area contributed by atoms with Crippen LogP contribution in [0.5, 0.6) is 5.75 Å². The molecule has 3 aliphatic rings. The molecule has 4 amide bonds. The van der Waals surface area contributed by atoms with Gasteiger partial charge in [0.1, 0.15) is 18.4 Å². The van der Waals surface area contributed by atoms with E-state index < -0.39 is 23.8 Å². The molecule has 15 heteroatoms. The van der Waals surface area contributed by atoms with Crippen LogP contribution in [-0.4, -0.2) is 79.6 Å². The van der Waals surface area contributed by atoms with Crippen LogP contribution in [0, 0.1) is 0 Å². The molecule has 0 bridgehead atoms. The Morgan fingerprint density at radius 1 is 0.848 bits per heavy atom. The predicted octanol–water partition coefficient (Wildman–Crippen LogP) is 6.76. The topological polar surface area (TPSA) is 197 Å². The highest BCUT2D eigenvalue weighted by Crippen LogP contribution is 2.42. The summed E-state index contributed by atoms with van der Waals surface area (Å²) in [5, 5.41) is 16.9. The second kappa shape index (κ2) is 19.1. The molecule has 1 aliphatic carbocycles.